The molecule has 2 aromatic carbocycles. The third-order valence-corrected chi connectivity index (χ3v) is 8.72. The standard InChI is InChI=1S/C37H55NO2/c1-7-30-20-21-33(40-22-14-17-29-15-11-9-10-12-16-29)25-32(30)18-13-19-37(39)34-26-35(31(8-2)24-28(34)5)36(38-6)23-27(3)4/h20-21,24-27,29H,7-19,22-23H2,1-6H3. The fourth-order valence-corrected chi connectivity index (χ4v) is 6.40. The van der Waals surface area contributed by atoms with Crippen LogP contribution in [0.25, 0.3) is 0 Å². The second-order valence-electron chi connectivity index (χ2n) is 12.4. The van der Waals surface area contributed by atoms with E-state index in [1.807, 2.05) is 7.05 Å². The van der Waals surface area contributed by atoms with Crippen molar-refractivity contribution in [2.24, 2.45) is 16.8 Å². The molecule has 2 aromatic rings. The van der Waals surface area contributed by atoms with Crippen LogP contribution in [0.2, 0.25) is 0 Å². The highest BCUT2D eigenvalue weighted by atomic mass is 16.5. The lowest BCUT2D eigenvalue weighted by Crippen LogP contribution is -2.12. The van der Waals surface area contributed by atoms with E-state index in [-0.39, 0.29) is 5.78 Å². The molecule has 0 unspecified atom stereocenters. The van der Waals surface area contributed by atoms with Crippen molar-refractivity contribution in [3.63, 3.8) is 0 Å². The fourth-order valence-electron chi connectivity index (χ4n) is 6.40. The molecule has 0 atom stereocenters. The van der Waals surface area contributed by atoms with Crippen molar-refractivity contribution in [1.82, 2.24) is 0 Å². The summed E-state index contributed by atoms with van der Waals surface area (Å²) < 4.78 is 6.20. The summed E-state index contributed by atoms with van der Waals surface area (Å²) in [6.45, 7) is 11.7. The Morgan fingerprint density at radius 1 is 0.925 bits per heavy atom. The van der Waals surface area contributed by atoms with Gasteiger partial charge in [0.2, 0.25) is 0 Å². The van der Waals surface area contributed by atoms with Crippen molar-refractivity contribution in [2.45, 2.75) is 125 Å². The van der Waals surface area contributed by atoms with E-state index in [1.54, 1.807) is 0 Å². The van der Waals surface area contributed by atoms with Gasteiger partial charge in [0.05, 0.1) is 6.61 Å². The highest BCUT2D eigenvalue weighted by Crippen LogP contribution is 2.27. The van der Waals surface area contributed by atoms with Gasteiger partial charge >= 0.3 is 0 Å². The second-order valence-corrected chi connectivity index (χ2v) is 12.4. The average molecular weight is 546 g/mol. The fraction of sp³-hybridized carbons (Fsp3) is 0.622. The number of aliphatic imine (C=N–C) groups is 1. The first-order valence-corrected chi connectivity index (χ1v) is 16.2. The maximum absolute atomic E-state index is 13.4. The van der Waals surface area contributed by atoms with Crippen LogP contribution in [0.4, 0.5) is 0 Å². The van der Waals surface area contributed by atoms with Gasteiger partial charge in [0, 0.05) is 24.7 Å². The molecule has 0 aliphatic heterocycles. The van der Waals surface area contributed by atoms with Crippen molar-refractivity contribution >= 4 is 11.5 Å². The van der Waals surface area contributed by atoms with Crippen molar-refractivity contribution in [3.05, 3.63) is 63.7 Å². The zero-order chi connectivity index (χ0) is 28.9. The molecule has 1 saturated carbocycles. The van der Waals surface area contributed by atoms with Crippen LogP contribution in [0, 0.1) is 18.8 Å². The van der Waals surface area contributed by atoms with Crippen molar-refractivity contribution in [2.75, 3.05) is 13.7 Å². The molecular formula is C37H55NO2. The van der Waals surface area contributed by atoms with E-state index in [9.17, 15) is 4.79 Å². The van der Waals surface area contributed by atoms with E-state index < -0.39 is 0 Å². The van der Waals surface area contributed by atoms with Crippen LogP contribution >= 0.6 is 0 Å². The summed E-state index contributed by atoms with van der Waals surface area (Å²) in [4.78, 5) is 18.0. The lowest BCUT2D eigenvalue weighted by atomic mass is 9.89. The third-order valence-electron chi connectivity index (χ3n) is 8.72. The molecule has 1 aliphatic rings. The predicted octanol–water partition coefficient (Wildman–Crippen LogP) is 9.92. The van der Waals surface area contributed by atoms with Crippen molar-refractivity contribution < 1.29 is 9.53 Å². The molecule has 0 heterocycles. The molecule has 0 radical (unpaired) electrons. The van der Waals surface area contributed by atoms with Gasteiger partial charge in [-0.2, -0.15) is 0 Å². The molecule has 0 spiro atoms. The normalized spacial score (nSPS) is 14.9. The lowest BCUT2D eigenvalue weighted by molar-refractivity contribution is 0.0979. The number of nitrogens with zero attached hydrogens (tertiary/aromatic N) is 1. The Hall–Kier alpha value is -2.42. The van der Waals surface area contributed by atoms with Gasteiger partial charge in [0.25, 0.3) is 0 Å². The summed E-state index contributed by atoms with van der Waals surface area (Å²) in [5, 5.41) is 0. The topological polar surface area (TPSA) is 38.7 Å². The first-order valence-electron chi connectivity index (χ1n) is 16.2. The molecule has 3 nitrogen and oxygen atoms in total. The van der Waals surface area contributed by atoms with E-state index in [4.69, 9.17) is 4.74 Å². The number of hydrogen-bond acceptors (Lipinski definition) is 3. The summed E-state index contributed by atoms with van der Waals surface area (Å²) in [7, 11) is 1.87. The zero-order valence-corrected chi connectivity index (χ0v) is 26.4. The maximum Gasteiger partial charge on any atom is 0.163 e. The molecule has 220 valence electrons. The van der Waals surface area contributed by atoms with Gasteiger partial charge in [-0.05, 0) is 110 Å². The number of ketones is 1. The number of benzene rings is 2. The largest absolute Gasteiger partial charge is 0.494 e. The number of carbonyl (C=O) groups is 1. The monoisotopic (exact) mass is 545 g/mol. The molecule has 3 rings (SSSR count). The van der Waals surface area contributed by atoms with Crippen LogP contribution in [-0.2, 0) is 19.3 Å². The summed E-state index contributed by atoms with van der Waals surface area (Å²) >= 11 is 0. The number of aryl methyl sites for hydroxylation is 4. The lowest BCUT2D eigenvalue weighted by Gasteiger charge is -2.17. The highest BCUT2D eigenvalue weighted by molar-refractivity contribution is 6.05. The van der Waals surface area contributed by atoms with Crippen LogP contribution in [0.1, 0.15) is 136 Å². The molecule has 1 aliphatic carbocycles. The van der Waals surface area contributed by atoms with Gasteiger partial charge in [-0.1, -0.05) is 78.4 Å². The molecular weight excluding hydrogens is 490 g/mol. The molecule has 0 amide bonds. The van der Waals surface area contributed by atoms with Crippen LogP contribution in [-0.4, -0.2) is 25.1 Å². The van der Waals surface area contributed by atoms with Gasteiger partial charge in [-0.3, -0.25) is 9.79 Å². The van der Waals surface area contributed by atoms with Crippen molar-refractivity contribution in [3.8, 4) is 5.75 Å². The van der Waals surface area contributed by atoms with E-state index >= 15 is 0 Å². The van der Waals surface area contributed by atoms with Gasteiger partial charge in [0.15, 0.2) is 5.78 Å². The molecule has 0 N–H and O–H groups in total. The maximum atomic E-state index is 13.4. The van der Waals surface area contributed by atoms with Gasteiger partial charge in [0.1, 0.15) is 5.75 Å². The van der Waals surface area contributed by atoms with Gasteiger partial charge in [-0.25, -0.2) is 0 Å². The number of carbonyl (C=O) groups excluding carboxylic acids is 1. The molecule has 0 aromatic heterocycles. The Kier molecular flexibility index (Phi) is 13.4. The molecule has 40 heavy (non-hydrogen) atoms. The van der Waals surface area contributed by atoms with Crippen molar-refractivity contribution in [1.29, 1.82) is 0 Å². The van der Waals surface area contributed by atoms with E-state index in [2.05, 4.69) is 69.9 Å². The summed E-state index contributed by atoms with van der Waals surface area (Å²) in [5.41, 5.74) is 8.19. The number of ether oxygens (including phenoxy) is 1. The van der Waals surface area contributed by atoms with E-state index in [1.165, 1.54) is 61.6 Å². The second kappa shape index (κ2) is 16.7. The minimum absolute atomic E-state index is 0.241. The van der Waals surface area contributed by atoms with Crippen LogP contribution in [0.5, 0.6) is 5.75 Å². The average Bonchev–Trinajstić information content (AvgIpc) is 3.22. The van der Waals surface area contributed by atoms with Crippen LogP contribution in [0.3, 0.4) is 0 Å². The van der Waals surface area contributed by atoms with Gasteiger partial charge < -0.3 is 4.74 Å². The molecule has 1 fully saturated rings. The summed E-state index contributed by atoms with van der Waals surface area (Å²) in [5.74, 6) is 2.64. The SMILES string of the molecule is CCc1ccc(OCCCC2CCCCCC2)cc1CCCC(=O)c1cc(C(CC(C)C)=NC)c(CC)cc1C. The van der Waals surface area contributed by atoms with E-state index in [0.717, 1.165) is 79.2 Å². The number of hydrogen-bond donors (Lipinski definition) is 0. The van der Waals surface area contributed by atoms with Gasteiger partial charge in [-0.15, -0.1) is 0 Å². The minimum Gasteiger partial charge on any atom is -0.494 e. The Labute approximate surface area is 245 Å². The molecule has 3 heteroatoms. The first-order chi connectivity index (χ1) is 19.4. The summed E-state index contributed by atoms with van der Waals surface area (Å²) in [6, 6.07) is 10.9. The Morgan fingerprint density at radius 2 is 1.65 bits per heavy atom. The highest BCUT2D eigenvalue weighted by Gasteiger charge is 2.17. The van der Waals surface area contributed by atoms with E-state index in [0.29, 0.717) is 12.3 Å². The predicted molar refractivity (Wildman–Crippen MR) is 171 cm³/mol. The smallest absolute Gasteiger partial charge is 0.163 e. The third kappa shape index (κ3) is 9.60. The molecule has 0 saturated heterocycles. The summed E-state index contributed by atoms with van der Waals surface area (Å²) in [6.07, 6.45) is 16.1. The number of Topliss-reactive ketones (excluding diaryl/α,β-unsaturated/α-hetero) is 1. The van der Waals surface area contributed by atoms with Crippen LogP contribution < -0.4 is 4.74 Å². The first kappa shape index (κ1) is 32.1. The Morgan fingerprint density at radius 3 is 2.30 bits per heavy atom. The number of rotatable bonds is 15. The Bertz CT molecular complexity index is 1110. The molecule has 0 bridgehead atoms. The van der Waals surface area contributed by atoms with Crippen LogP contribution in [0.15, 0.2) is 35.3 Å². The zero-order valence-electron chi connectivity index (χ0n) is 26.4. The quantitative estimate of drug-likeness (QED) is 0.0966. The minimum atomic E-state index is 0.241. The Balaban J connectivity index is 1.59.